The van der Waals surface area contributed by atoms with Crippen LogP contribution in [0.3, 0.4) is 0 Å². The Morgan fingerprint density at radius 3 is 2.91 bits per heavy atom. The number of rotatable bonds is 7. The minimum atomic E-state index is 0. The van der Waals surface area contributed by atoms with Crippen LogP contribution in [0.4, 0.5) is 0 Å². The van der Waals surface area contributed by atoms with Crippen molar-refractivity contribution in [2.75, 3.05) is 26.4 Å². The average Bonchev–Trinajstić information content (AvgIpc) is 3.14. The van der Waals surface area contributed by atoms with Gasteiger partial charge in [0.05, 0.1) is 10.9 Å². The summed E-state index contributed by atoms with van der Waals surface area (Å²) in [5, 5.41) is 5.40. The Kier molecular flexibility index (Phi) is 10.5. The molecule has 0 radical (unpaired) electrons. The standard InChI is InChI=1S/C14H19ClN4S3.HI/c1-16-13(19(2)10-11-4-5-12(15)22-11)17-6-3-8-20-14-18-7-9-21-14;/h4-5,7,9H,3,6,8,10H2,1-2H3,(H,16,17);1H. The molecular weight excluding hydrogens is 483 g/mol. The highest BCUT2D eigenvalue weighted by atomic mass is 127. The summed E-state index contributed by atoms with van der Waals surface area (Å²) in [5.41, 5.74) is 0. The van der Waals surface area contributed by atoms with Gasteiger partial charge in [0, 0.05) is 42.8 Å². The minimum absolute atomic E-state index is 0. The van der Waals surface area contributed by atoms with Gasteiger partial charge >= 0.3 is 0 Å². The van der Waals surface area contributed by atoms with E-state index >= 15 is 0 Å². The lowest BCUT2D eigenvalue weighted by Gasteiger charge is -2.21. The molecule has 2 rings (SSSR count). The molecule has 0 bridgehead atoms. The Labute approximate surface area is 171 Å². The Hall–Kier alpha value is -0.0300. The molecule has 4 nitrogen and oxygen atoms in total. The van der Waals surface area contributed by atoms with Gasteiger partial charge in [-0.15, -0.1) is 46.7 Å². The van der Waals surface area contributed by atoms with Gasteiger partial charge in [0.25, 0.3) is 0 Å². The number of aromatic nitrogens is 1. The van der Waals surface area contributed by atoms with E-state index in [4.69, 9.17) is 11.6 Å². The Morgan fingerprint density at radius 1 is 1.48 bits per heavy atom. The molecule has 0 aliphatic heterocycles. The molecule has 9 heteroatoms. The summed E-state index contributed by atoms with van der Waals surface area (Å²) in [6, 6.07) is 3.99. The van der Waals surface area contributed by atoms with Crippen molar-refractivity contribution in [1.29, 1.82) is 0 Å². The van der Waals surface area contributed by atoms with E-state index in [0.29, 0.717) is 0 Å². The average molecular weight is 503 g/mol. The summed E-state index contributed by atoms with van der Waals surface area (Å²) in [6.45, 7) is 1.71. The van der Waals surface area contributed by atoms with E-state index in [2.05, 4.69) is 26.3 Å². The largest absolute Gasteiger partial charge is 0.356 e. The molecule has 0 saturated heterocycles. The molecule has 0 unspecified atom stereocenters. The van der Waals surface area contributed by atoms with Crippen molar-refractivity contribution < 1.29 is 0 Å². The molecule has 0 aliphatic carbocycles. The van der Waals surface area contributed by atoms with Crippen molar-refractivity contribution in [3.63, 3.8) is 0 Å². The van der Waals surface area contributed by atoms with E-state index in [0.717, 1.165) is 39.9 Å². The van der Waals surface area contributed by atoms with E-state index in [1.807, 2.05) is 31.7 Å². The maximum absolute atomic E-state index is 5.97. The van der Waals surface area contributed by atoms with Crippen molar-refractivity contribution in [1.82, 2.24) is 15.2 Å². The molecule has 1 N–H and O–H groups in total. The highest BCUT2D eigenvalue weighted by Gasteiger charge is 2.07. The third-order valence-electron chi connectivity index (χ3n) is 2.83. The van der Waals surface area contributed by atoms with Crippen molar-refractivity contribution in [2.24, 2.45) is 4.99 Å². The van der Waals surface area contributed by atoms with E-state index in [1.54, 1.807) is 34.4 Å². The van der Waals surface area contributed by atoms with Crippen LogP contribution < -0.4 is 5.32 Å². The summed E-state index contributed by atoms with van der Waals surface area (Å²) in [4.78, 5) is 11.9. The second-order valence-electron chi connectivity index (χ2n) is 4.54. The number of halogens is 2. The monoisotopic (exact) mass is 502 g/mol. The first-order chi connectivity index (χ1) is 10.7. The lowest BCUT2D eigenvalue weighted by Crippen LogP contribution is -2.38. The van der Waals surface area contributed by atoms with Gasteiger partial charge in [-0.2, -0.15) is 0 Å². The first kappa shape index (κ1) is 21.0. The molecule has 0 amide bonds. The number of nitrogens with one attached hydrogen (secondary N) is 1. The van der Waals surface area contributed by atoms with Gasteiger partial charge in [-0.1, -0.05) is 23.4 Å². The lowest BCUT2D eigenvalue weighted by atomic mass is 10.4. The summed E-state index contributed by atoms with van der Waals surface area (Å²) in [5.74, 6) is 1.96. The summed E-state index contributed by atoms with van der Waals surface area (Å²) in [7, 11) is 3.85. The van der Waals surface area contributed by atoms with E-state index < -0.39 is 0 Å². The molecule has 0 atom stereocenters. The zero-order valence-corrected chi connectivity index (χ0v) is 18.5. The first-order valence-corrected chi connectivity index (χ1v) is 9.93. The quantitative estimate of drug-likeness (QED) is 0.196. The minimum Gasteiger partial charge on any atom is -0.356 e. The van der Waals surface area contributed by atoms with Crippen LogP contribution in [0.5, 0.6) is 0 Å². The lowest BCUT2D eigenvalue weighted by molar-refractivity contribution is 0.481. The molecule has 2 heterocycles. The third-order valence-corrected chi connectivity index (χ3v) is 6.10. The van der Waals surface area contributed by atoms with Gasteiger partial charge in [-0.05, 0) is 18.6 Å². The topological polar surface area (TPSA) is 40.5 Å². The van der Waals surface area contributed by atoms with Crippen molar-refractivity contribution >= 4 is 76.0 Å². The molecule has 2 aromatic rings. The molecule has 2 aromatic heterocycles. The highest BCUT2D eigenvalue weighted by Crippen LogP contribution is 2.22. The zero-order chi connectivity index (χ0) is 15.8. The van der Waals surface area contributed by atoms with Crippen LogP contribution >= 0.6 is 70.0 Å². The van der Waals surface area contributed by atoms with Crippen molar-refractivity contribution in [3.8, 4) is 0 Å². The molecule has 128 valence electrons. The number of thiazole rings is 1. The molecule has 0 spiro atoms. The highest BCUT2D eigenvalue weighted by molar-refractivity contribution is 14.0. The van der Waals surface area contributed by atoms with Gasteiger partial charge < -0.3 is 10.2 Å². The zero-order valence-electron chi connectivity index (χ0n) is 13.0. The third kappa shape index (κ3) is 7.59. The number of thiophene rings is 1. The molecule has 0 aromatic carbocycles. The molecule has 0 fully saturated rings. The summed E-state index contributed by atoms with van der Waals surface area (Å²) >= 11 is 11.1. The predicted octanol–water partition coefficient (Wildman–Crippen LogP) is 4.67. The Bertz CT molecular complexity index is 589. The Balaban J connectivity index is 0.00000264. The first-order valence-electron chi connectivity index (χ1n) is 6.87. The van der Waals surface area contributed by atoms with Crippen LogP contribution in [-0.2, 0) is 6.54 Å². The fraction of sp³-hybridized carbons (Fsp3) is 0.429. The van der Waals surface area contributed by atoms with Crippen LogP contribution in [0.25, 0.3) is 0 Å². The van der Waals surface area contributed by atoms with E-state index in [-0.39, 0.29) is 24.0 Å². The SMILES string of the molecule is CN=C(NCCCSc1nccs1)N(C)Cc1ccc(Cl)s1.I. The maximum atomic E-state index is 5.97. The van der Waals surface area contributed by atoms with Crippen LogP contribution in [0.2, 0.25) is 4.34 Å². The number of aliphatic imine (C=N–C) groups is 1. The van der Waals surface area contributed by atoms with E-state index in [9.17, 15) is 0 Å². The van der Waals surface area contributed by atoms with Gasteiger partial charge in [-0.3, -0.25) is 4.99 Å². The molecule has 0 saturated carbocycles. The fourth-order valence-corrected chi connectivity index (χ4v) is 4.63. The molecular formula is C14H20ClIN4S3. The van der Waals surface area contributed by atoms with Crippen molar-refractivity contribution in [3.05, 3.63) is 32.9 Å². The molecule has 0 aliphatic rings. The Morgan fingerprint density at radius 2 is 2.30 bits per heavy atom. The van der Waals surface area contributed by atoms with Crippen LogP contribution in [0, 0.1) is 0 Å². The number of hydrogen-bond donors (Lipinski definition) is 1. The van der Waals surface area contributed by atoms with Crippen molar-refractivity contribution in [2.45, 2.75) is 17.3 Å². The number of nitrogens with zero attached hydrogens (tertiary/aromatic N) is 3. The van der Waals surface area contributed by atoms with Gasteiger partial charge in [0.2, 0.25) is 0 Å². The van der Waals surface area contributed by atoms with Gasteiger partial charge in [0.1, 0.15) is 4.34 Å². The molecule has 23 heavy (non-hydrogen) atoms. The summed E-state index contributed by atoms with van der Waals surface area (Å²) in [6.07, 6.45) is 2.92. The van der Waals surface area contributed by atoms with Crippen LogP contribution in [0.15, 0.2) is 33.0 Å². The number of thioether (sulfide) groups is 1. The summed E-state index contributed by atoms with van der Waals surface area (Å²) < 4.78 is 1.96. The van der Waals surface area contributed by atoms with Gasteiger partial charge in [-0.25, -0.2) is 4.98 Å². The fourth-order valence-electron chi connectivity index (χ4n) is 1.84. The number of hydrogen-bond acceptors (Lipinski definition) is 5. The predicted molar refractivity (Wildman–Crippen MR) is 115 cm³/mol. The van der Waals surface area contributed by atoms with Gasteiger partial charge in [0.15, 0.2) is 5.96 Å². The second kappa shape index (κ2) is 11.5. The maximum Gasteiger partial charge on any atom is 0.193 e. The van der Waals surface area contributed by atoms with Crippen LogP contribution in [0.1, 0.15) is 11.3 Å². The number of guanidine groups is 1. The van der Waals surface area contributed by atoms with E-state index in [1.165, 1.54) is 4.88 Å². The smallest absolute Gasteiger partial charge is 0.193 e. The normalized spacial score (nSPS) is 11.2. The second-order valence-corrected chi connectivity index (χ2v) is 8.57. The van der Waals surface area contributed by atoms with Crippen LogP contribution in [-0.4, -0.2) is 42.2 Å².